The highest BCUT2D eigenvalue weighted by atomic mass is 19.3. The van der Waals surface area contributed by atoms with Gasteiger partial charge in [-0.15, -0.1) is 0 Å². The van der Waals surface area contributed by atoms with E-state index >= 15 is 0 Å². The van der Waals surface area contributed by atoms with Crippen LogP contribution in [0.25, 0.3) is 0 Å². The van der Waals surface area contributed by atoms with E-state index in [0.717, 1.165) is 11.5 Å². The van der Waals surface area contributed by atoms with E-state index in [1.54, 1.807) is 6.20 Å². The van der Waals surface area contributed by atoms with Crippen molar-refractivity contribution >= 4 is 0 Å². The van der Waals surface area contributed by atoms with E-state index in [4.69, 9.17) is 4.74 Å². The molecule has 0 aromatic carbocycles. The van der Waals surface area contributed by atoms with Gasteiger partial charge in [0.2, 0.25) is 0 Å². The Kier molecular flexibility index (Phi) is 5.20. The van der Waals surface area contributed by atoms with Gasteiger partial charge >= 0.3 is 0 Å². The SMILES string of the molecule is Cc1ncc(CNCCOCC(F)F)[nH]1. The number of halogens is 2. The third-order valence-electron chi connectivity index (χ3n) is 1.74. The fraction of sp³-hybridized carbons (Fsp3) is 0.667. The van der Waals surface area contributed by atoms with Gasteiger partial charge in [0.25, 0.3) is 6.43 Å². The number of ether oxygens (including phenoxy) is 1. The summed E-state index contributed by atoms with van der Waals surface area (Å²) >= 11 is 0. The van der Waals surface area contributed by atoms with Crippen LogP contribution in [0.3, 0.4) is 0 Å². The molecule has 0 unspecified atom stereocenters. The summed E-state index contributed by atoms with van der Waals surface area (Å²) in [5.41, 5.74) is 0.973. The average Bonchev–Trinajstić information content (AvgIpc) is 2.57. The van der Waals surface area contributed by atoms with Gasteiger partial charge in [-0.05, 0) is 6.92 Å². The summed E-state index contributed by atoms with van der Waals surface area (Å²) < 4.78 is 28.0. The Morgan fingerprint density at radius 1 is 1.60 bits per heavy atom. The second-order valence-electron chi connectivity index (χ2n) is 3.14. The molecule has 0 amide bonds. The number of hydrogen-bond donors (Lipinski definition) is 2. The highest BCUT2D eigenvalue weighted by Gasteiger charge is 2.01. The number of hydrogen-bond acceptors (Lipinski definition) is 3. The molecule has 6 heteroatoms. The van der Waals surface area contributed by atoms with Gasteiger partial charge in [-0.25, -0.2) is 13.8 Å². The largest absolute Gasteiger partial charge is 0.374 e. The minimum atomic E-state index is -2.39. The maximum absolute atomic E-state index is 11.7. The lowest BCUT2D eigenvalue weighted by atomic mass is 10.4. The molecular weight excluding hydrogens is 204 g/mol. The Morgan fingerprint density at radius 3 is 3.00 bits per heavy atom. The molecule has 0 fully saturated rings. The molecule has 2 N–H and O–H groups in total. The van der Waals surface area contributed by atoms with Crippen molar-refractivity contribution in [2.45, 2.75) is 19.9 Å². The molecule has 0 aliphatic heterocycles. The second-order valence-corrected chi connectivity index (χ2v) is 3.14. The molecule has 0 spiro atoms. The Morgan fingerprint density at radius 2 is 2.40 bits per heavy atom. The third-order valence-corrected chi connectivity index (χ3v) is 1.74. The van der Waals surface area contributed by atoms with Crippen LogP contribution in [0.5, 0.6) is 0 Å². The number of nitrogens with one attached hydrogen (secondary N) is 2. The topological polar surface area (TPSA) is 49.9 Å². The lowest BCUT2D eigenvalue weighted by Gasteiger charge is -2.04. The number of aromatic amines is 1. The Labute approximate surface area is 87.0 Å². The normalized spacial score (nSPS) is 11.2. The zero-order valence-electron chi connectivity index (χ0n) is 8.59. The van der Waals surface area contributed by atoms with Gasteiger partial charge < -0.3 is 15.0 Å². The predicted octanol–water partition coefficient (Wildman–Crippen LogP) is 1.09. The van der Waals surface area contributed by atoms with E-state index in [9.17, 15) is 8.78 Å². The number of alkyl halides is 2. The van der Waals surface area contributed by atoms with Crippen molar-refractivity contribution in [2.24, 2.45) is 0 Å². The van der Waals surface area contributed by atoms with Crippen molar-refractivity contribution in [3.05, 3.63) is 17.7 Å². The molecule has 1 aromatic rings. The van der Waals surface area contributed by atoms with E-state index in [1.807, 2.05) is 6.92 Å². The number of rotatable bonds is 7. The van der Waals surface area contributed by atoms with Crippen molar-refractivity contribution in [3.63, 3.8) is 0 Å². The molecule has 15 heavy (non-hydrogen) atoms. The standard InChI is InChI=1S/C9H15F2N3O/c1-7-13-5-8(14-7)4-12-2-3-15-6-9(10)11/h5,9,12H,2-4,6H2,1H3,(H,13,14). The first-order chi connectivity index (χ1) is 7.18. The van der Waals surface area contributed by atoms with Crippen molar-refractivity contribution in [3.8, 4) is 0 Å². The van der Waals surface area contributed by atoms with E-state index in [-0.39, 0.29) is 6.61 Å². The molecule has 0 radical (unpaired) electrons. The lowest BCUT2D eigenvalue weighted by molar-refractivity contribution is 0.0187. The monoisotopic (exact) mass is 219 g/mol. The molecule has 4 nitrogen and oxygen atoms in total. The van der Waals surface area contributed by atoms with Gasteiger partial charge in [-0.1, -0.05) is 0 Å². The van der Waals surface area contributed by atoms with Gasteiger partial charge in [0, 0.05) is 25.0 Å². The second kappa shape index (κ2) is 6.47. The van der Waals surface area contributed by atoms with Crippen LogP contribution in [0.15, 0.2) is 6.20 Å². The third kappa shape index (κ3) is 5.44. The van der Waals surface area contributed by atoms with Gasteiger partial charge in [0.05, 0.1) is 6.61 Å². The summed E-state index contributed by atoms with van der Waals surface area (Å²) in [5, 5.41) is 3.05. The molecular formula is C9H15F2N3O. The zero-order valence-corrected chi connectivity index (χ0v) is 8.59. The van der Waals surface area contributed by atoms with Gasteiger partial charge in [-0.3, -0.25) is 0 Å². The van der Waals surface area contributed by atoms with Crippen LogP contribution in [0.4, 0.5) is 8.78 Å². The molecule has 0 bridgehead atoms. The van der Waals surface area contributed by atoms with E-state index < -0.39 is 13.0 Å². The van der Waals surface area contributed by atoms with Crippen LogP contribution in [0, 0.1) is 6.92 Å². The highest BCUT2D eigenvalue weighted by Crippen LogP contribution is 1.94. The smallest absolute Gasteiger partial charge is 0.261 e. The van der Waals surface area contributed by atoms with E-state index in [2.05, 4.69) is 15.3 Å². The summed E-state index contributed by atoms with van der Waals surface area (Å²) in [7, 11) is 0. The zero-order chi connectivity index (χ0) is 11.1. The fourth-order valence-electron chi connectivity index (χ4n) is 1.10. The average molecular weight is 219 g/mol. The molecule has 86 valence electrons. The molecule has 1 heterocycles. The predicted molar refractivity (Wildman–Crippen MR) is 51.9 cm³/mol. The minimum absolute atomic E-state index is 0.289. The number of aromatic nitrogens is 2. The summed E-state index contributed by atoms with van der Waals surface area (Å²) in [5.74, 6) is 0.862. The summed E-state index contributed by atoms with van der Waals surface area (Å²) in [4.78, 5) is 7.08. The van der Waals surface area contributed by atoms with Gasteiger partial charge in [-0.2, -0.15) is 0 Å². The van der Waals surface area contributed by atoms with Crippen LogP contribution >= 0.6 is 0 Å². The highest BCUT2D eigenvalue weighted by molar-refractivity contribution is 4.98. The van der Waals surface area contributed by atoms with Crippen LogP contribution in [-0.4, -0.2) is 36.2 Å². The molecule has 0 saturated heterocycles. The molecule has 0 atom stereocenters. The first kappa shape index (κ1) is 12.1. The molecule has 1 aromatic heterocycles. The van der Waals surface area contributed by atoms with Gasteiger partial charge in [0.15, 0.2) is 0 Å². The first-order valence-electron chi connectivity index (χ1n) is 4.75. The fourth-order valence-corrected chi connectivity index (χ4v) is 1.10. The first-order valence-corrected chi connectivity index (χ1v) is 4.75. The maximum atomic E-state index is 11.7. The van der Waals surface area contributed by atoms with Crippen LogP contribution < -0.4 is 5.32 Å². The van der Waals surface area contributed by atoms with Crippen molar-refractivity contribution in [1.82, 2.24) is 15.3 Å². The summed E-state index contributed by atoms with van der Waals surface area (Å²) in [6, 6.07) is 0. The quantitative estimate of drug-likeness (QED) is 0.675. The van der Waals surface area contributed by atoms with Crippen LogP contribution in [0.1, 0.15) is 11.5 Å². The number of H-pyrrole nitrogens is 1. The lowest BCUT2D eigenvalue weighted by Crippen LogP contribution is -2.20. The summed E-state index contributed by atoms with van der Waals surface area (Å²) in [6.45, 7) is 2.85. The molecule has 0 aliphatic rings. The molecule has 0 aliphatic carbocycles. The van der Waals surface area contributed by atoms with Gasteiger partial charge in [0.1, 0.15) is 12.4 Å². The van der Waals surface area contributed by atoms with Crippen LogP contribution in [0.2, 0.25) is 0 Å². The number of nitrogens with zero attached hydrogens (tertiary/aromatic N) is 1. The van der Waals surface area contributed by atoms with Crippen LogP contribution in [-0.2, 0) is 11.3 Å². The van der Waals surface area contributed by atoms with Crippen molar-refractivity contribution in [2.75, 3.05) is 19.8 Å². The Balaban J connectivity index is 1.98. The number of imidazole rings is 1. The van der Waals surface area contributed by atoms with E-state index in [1.165, 1.54) is 0 Å². The van der Waals surface area contributed by atoms with Crippen molar-refractivity contribution < 1.29 is 13.5 Å². The molecule has 0 saturated carbocycles. The minimum Gasteiger partial charge on any atom is -0.374 e. The van der Waals surface area contributed by atoms with E-state index in [0.29, 0.717) is 13.1 Å². The Hall–Kier alpha value is -1.01. The number of aryl methyl sites for hydroxylation is 1. The molecule has 1 rings (SSSR count). The van der Waals surface area contributed by atoms with Crippen molar-refractivity contribution in [1.29, 1.82) is 0 Å². The summed E-state index contributed by atoms with van der Waals surface area (Å²) in [6.07, 6.45) is -0.650. The maximum Gasteiger partial charge on any atom is 0.261 e. The Bertz CT molecular complexity index is 278.